The van der Waals surface area contributed by atoms with E-state index in [1.165, 1.54) is 18.2 Å². The predicted molar refractivity (Wildman–Crippen MR) is 175 cm³/mol. The maximum absolute atomic E-state index is 15.2. The van der Waals surface area contributed by atoms with Crippen molar-refractivity contribution in [1.29, 1.82) is 5.26 Å². The minimum absolute atomic E-state index is 0.0673. The van der Waals surface area contributed by atoms with Gasteiger partial charge < -0.3 is 29.1 Å². The van der Waals surface area contributed by atoms with E-state index in [4.69, 9.17) is 19.4 Å². The highest BCUT2D eigenvalue weighted by molar-refractivity contribution is 5.69. The Morgan fingerprint density at radius 2 is 1.90 bits per heavy atom. The van der Waals surface area contributed by atoms with Crippen LogP contribution < -0.4 is 14.5 Å². The largest absolute Gasteiger partial charge is 0.462 e. The second-order valence-electron chi connectivity index (χ2n) is 12.4. The molecule has 2 aromatic carbocycles. The van der Waals surface area contributed by atoms with E-state index in [2.05, 4.69) is 22.9 Å². The van der Waals surface area contributed by atoms with E-state index in [9.17, 15) is 20.2 Å². The molecule has 13 nitrogen and oxygen atoms in total. The first-order valence-electron chi connectivity index (χ1n) is 16.3. The first-order chi connectivity index (χ1) is 23.3. The molecule has 0 radical (unpaired) electrons. The number of anilines is 2. The number of nitrogens with zero attached hydrogens (tertiary/aromatic N) is 8. The van der Waals surface area contributed by atoms with Crippen LogP contribution in [0, 0.1) is 27.3 Å². The highest BCUT2D eigenvalue weighted by Crippen LogP contribution is 2.36. The molecule has 3 aliphatic rings. The number of likely N-dealkylation sites (tertiary alicyclic amines) is 1. The fourth-order valence-corrected chi connectivity index (χ4v) is 6.80. The third-order valence-corrected chi connectivity index (χ3v) is 9.35. The van der Waals surface area contributed by atoms with Crippen molar-refractivity contribution in [1.82, 2.24) is 19.8 Å². The van der Waals surface area contributed by atoms with Gasteiger partial charge in [-0.2, -0.15) is 15.2 Å². The van der Waals surface area contributed by atoms with E-state index in [0.29, 0.717) is 57.1 Å². The molecule has 3 aromatic rings. The van der Waals surface area contributed by atoms with Crippen LogP contribution in [0.3, 0.4) is 0 Å². The number of halogens is 1. The highest BCUT2D eigenvalue weighted by atomic mass is 19.1. The molecule has 0 saturated carbocycles. The molecule has 2 saturated heterocycles. The maximum atomic E-state index is 15.2. The lowest BCUT2D eigenvalue weighted by atomic mass is 10.1. The Morgan fingerprint density at radius 3 is 2.65 bits per heavy atom. The van der Waals surface area contributed by atoms with Gasteiger partial charge in [0.05, 0.1) is 35.7 Å². The monoisotopic (exact) mass is 658 g/mol. The van der Waals surface area contributed by atoms with Gasteiger partial charge in [0.2, 0.25) is 0 Å². The predicted octanol–water partition coefficient (Wildman–Crippen LogP) is 4.69. The molecule has 0 N–H and O–H groups in total. The number of amides is 1. The lowest BCUT2D eigenvalue weighted by Gasteiger charge is -2.41. The van der Waals surface area contributed by atoms with Gasteiger partial charge in [0.1, 0.15) is 19.0 Å². The van der Waals surface area contributed by atoms with Crippen LogP contribution in [-0.2, 0) is 24.3 Å². The number of ether oxygens (including phenoxy) is 2. The van der Waals surface area contributed by atoms with Gasteiger partial charge in [-0.1, -0.05) is 36.4 Å². The summed E-state index contributed by atoms with van der Waals surface area (Å²) in [6.45, 7) is 3.10. The summed E-state index contributed by atoms with van der Waals surface area (Å²) in [6.07, 6.45) is 2.83. The Morgan fingerprint density at radius 1 is 1.06 bits per heavy atom. The van der Waals surface area contributed by atoms with Crippen LogP contribution in [0.2, 0.25) is 0 Å². The molecule has 3 aliphatic heterocycles. The van der Waals surface area contributed by atoms with Crippen molar-refractivity contribution in [2.24, 2.45) is 0 Å². The average Bonchev–Trinajstić information content (AvgIpc) is 3.38. The Hall–Kier alpha value is -5.03. The van der Waals surface area contributed by atoms with E-state index >= 15 is 4.39 Å². The number of aromatic nitrogens is 2. The standard InChI is InChI=1S/C34H39FN8O5/c1-39-16-6-10-26(39)23-47-33-37-29-21-40(31-28(35)12-5-13-30(31)43(45)46)17-7-11-27(29)32(38-33)41-18-19-42(25(20-41)14-15-36)34(44)48-22-24-8-3-2-4-9-24/h2-5,8-9,12-13,25-26H,6-7,10-11,14,16-23H2,1H3/t25-,26-/m0/s1. The van der Waals surface area contributed by atoms with Crippen LogP contribution >= 0.6 is 0 Å². The Labute approximate surface area is 278 Å². The fourth-order valence-electron chi connectivity index (χ4n) is 6.80. The molecule has 2 fully saturated rings. The number of nitro groups is 1. The first-order valence-corrected chi connectivity index (χ1v) is 16.3. The van der Waals surface area contributed by atoms with Gasteiger partial charge in [0, 0.05) is 43.9 Å². The summed E-state index contributed by atoms with van der Waals surface area (Å²) < 4.78 is 27.0. The molecule has 0 aliphatic carbocycles. The van der Waals surface area contributed by atoms with Crippen molar-refractivity contribution >= 4 is 23.3 Å². The number of carbonyl (C=O) groups excluding carboxylic acids is 1. The average molecular weight is 659 g/mol. The van der Waals surface area contributed by atoms with E-state index < -0.39 is 22.9 Å². The molecule has 6 rings (SSSR count). The highest BCUT2D eigenvalue weighted by Gasteiger charge is 2.35. The van der Waals surface area contributed by atoms with Crippen LogP contribution in [0.1, 0.15) is 42.5 Å². The zero-order valence-electron chi connectivity index (χ0n) is 27.0. The summed E-state index contributed by atoms with van der Waals surface area (Å²) in [6, 6.07) is 15.5. The number of piperazine rings is 1. The van der Waals surface area contributed by atoms with Crippen LogP contribution in [0.5, 0.6) is 6.01 Å². The van der Waals surface area contributed by atoms with Gasteiger partial charge in [-0.05, 0) is 50.9 Å². The van der Waals surface area contributed by atoms with Crippen molar-refractivity contribution in [2.75, 3.05) is 56.2 Å². The Kier molecular flexibility index (Phi) is 10.1. The Balaban J connectivity index is 1.29. The number of nitro benzene ring substituents is 1. The number of hydrogen-bond donors (Lipinski definition) is 0. The van der Waals surface area contributed by atoms with E-state index in [0.717, 1.165) is 30.5 Å². The van der Waals surface area contributed by atoms with Gasteiger partial charge in [-0.15, -0.1) is 0 Å². The molecule has 1 amide bonds. The molecule has 252 valence electrons. The summed E-state index contributed by atoms with van der Waals surface area (Å²) in [5.41, 5.74) is 1.95. The number of likely N-dealkylation sites (N-methyl/N-ethyl adjacent to an activating group) is 1. The Bertz CT molecular complexity index is 1670. The fraction of sp³-hybridized carbons (Fsp3) is 0.471. The van der Waals surface area contributed by atoms with Crippen LogP contribution in [-0.4, -0.2) is 89.2 Å². The number of rotatable bonds is 9. The maximum Gasteiger partial charge on any atom is 0.410 e. The molecule has 0 spiro atoms. The topological polar surface area (TPSA) is 141 Å². The van der Waals surface area contributed by atoms with Crippen molar-refractivity contribution in [3.63, 3.8) is 0 Å². The van der Waals surface area contributed by atoms with Crippen LogP contribution in [0.15, 0.2) is 48.5 Å². The quantitative estimate of drug-likeness (QED) is 0.234. The molecule has 48 heavy (non-hydrogen) atoms. The molecule has 1 aromatic heterocycles. The van der Waals surface area contributed by atoms with Gasteiger partial charge >= 0.3 is 12.1 Å². The molecule has 2 atom stereocenters. The summed E-state index contributed by atoms with van der Waals surface area (Å²) in [5.74, 6) is -0.0304. The normalized spacial score (nSPS) is 19.7. The first kappa shape index (κ1) is 32.9. The van der Waals surface area contributed by atoms with Crippen molar-refractivity contribution < 1.29 is 23.6 Å². The van der Waals surface area contributed by atoms with Gasteiger partial charge in [0.15, 0.2) is 11.5 Å². The lowest BCUT2D eigenvalue weighted by Crippen LogP contribution is -2.55. The zero-order chi connectivity index (χ0) is 33.6. The zero-order valence-corrected chi connectivity index (χ0v) is 27.0. The van der Waals surface area contributed by atoms with Gasteiger partial charge in [-0.3, -0.25) is 10.1 Å². The third kappa shape index (κ3) is 7.26. The second-order valence-corrected chi connectivity index (χ2v) is 12.4. The molecular weight excluding hydrogens is 619 g/mol. The number of fused-ring (bicyclic) bond motifs is 1. The van der Waals surface area contributed by atoms with Gasteiger partial charge in [0.25, 0.3) is 5.69 Å². The minimum Gasteiger partial charge on any atom is -0.462 e. The number of benzene rings is 2. The van der Waals surface area contributed by atoms with Crippen LogP contribution in [0.25, 0.3) is 0 Å². The summed E-state index contributed by atoms with van der Waals surface area (Å²) in [4.78, 5) is 41.8. The van der Waals surface area contributed by atoms with E-state index in [1.54, 1.807) is 9.80 Å². The van der Waals surface area contributed by atoms with Crippen molar-refractivity contribution in [3.8, 4) is 12.1 Å². The van der Waals surface area contributed by atoms with Gasteiger partial charge in [-0.25, -0.2) is 9.18 Å². The van der Waals surface area contributed by atoms with E-state index in [-0.39, 0.29) is 43.0 Å². The molecular formula is C34H39FN8O5. The molecule has 14 heteroatoms. The second kappa shape index (κ2) is 14.8. The number of carbonyl (C=O) groups is 1. The molecule has 4 heterocycles. The third-order valence-electron chi connectivity index (χ3n) is 9.35. The lowest BCUT2D eigenvalue weighted by molar-refractivity contribution is -0.384. The summed E-state index contributed by atoms with van der Waals surface area (Å²) in [7, 11) is 2.06. The number of para-hydroxylation sites is 1. The van der Waals surface area contributed by atoms with Crippen LogP contribution in [0.4, 0.5) is 26.4 Å². The number of nitriles is 1. The molecule has 0 bridgehead atoms. The number of hydrogen-bond acceptors (Lipinski definition) is 11. The SMILES string of the molecule is CN1CCC[C@H]1COc1nc2c(c(N3CCN(C(=O)OCc4ccccc4)[C@@H](CC#N)C3)n1)CCCN(c1c(F)cccc1[N+](=O)[O-])C2. The van der Waals surface area contributed by atoms with E-state index in [1.807, 2.05) is 30.3 Å². The minimum atomic E-state index is -0.669. The summed E-state index contributed by atoms with van der Waals surface area (Å²) >= 11 is 0. The van der Waals surface area contributed by atoms with Crippen molar-refractivity contribution in [3.05, 3.63) is 81.3 Å². The smallest absolute Gasteiger partial charge is 0.410 e. The summed E-state index contributed by atoms with van der Waals surface area (Å²) in [5, 5.41) is 21.6. The van der Waals surface area contributed by atoms with Crippen molar-refractivity contribution in [2.45, 2.75) is 57.3 Å². The molecule has 0 unspecified atom stereocenters.